The van der Waals surface area contributed by atoms with E-state index in [0.29, 0.717) is 0 Å². The number of thiocarbonyl (C=S) groups is 1. The van der Waals surface area contributed by atoms with Crippen LogP contribution >= 0.6 is 24.0 Å². The summed E-state index contributed by atoms with van der Waals surface area (Å²) in [5, 5.41) is 0. The van der Waals surface area contributed by atoms with Crippen molar-refractivity contribution in [1.29, 1.82) is 0 Å². The summed E-state index contributed by atoms with van der Waals surface area (Å²) in [6.07, 6.45) is 2.85. The van der Waals surface area contributed by atoms with Crippen LogP contribution in [0.15, 0.2) is 12.1 Å². The molecule has 1 aromatic rings. The fourth-order valence-corrected chi connectivity index (χ4v) is 2.90. The molecule has 0 amide bonds. The molecule has 1 aromatic carbocycles. The second-order valence-electron chi connectivity index (χ2n) is 4.25. The van der Waals surface area contributed by atoms with Gasteiger partial charge in [0.1, 0.15) is 4.99 Å². The van der Waals surface area contributed by atoms with Crippen molar-refractivity contribution in [3.63, 3.8) is 0 Å². The maximum atomic E-state index is 14.1. The third kappa shape index (κ3) is 3.57. The van der Waals surface area contributed by atoms with Crippen LogP contribution < -0.4 is 10.6 Å². The lowest BCUT2D eigenvalue weighted by atomic mass is 10.1. The maximum Gasteiger partial charge on any atom is 0.182 e. The zero-order valence-electron chi connectivity index (χ0n) is 11.2. The Labute approximate surface area is 122 Å². The van der Waals surface area contributed by atoms with Crippen molar-refractivity contribution >= 4 is 34.7 Å². The van der Waals surface area contributed by atoms with Gasteiger partial charge in [-0.1, -0.05) is 19.1 Å². The molecule has 0 radical (unpaired) electrons. The minimum absolute atomic E-state index is 0.0532. The fraction of sp³-hybridized carbons (Fsp3) is 0.462. The topological polar surface area (TPSA) is 29.3 Å². The van der Waals surface area contributed by atoms with Crippen LogP contribution in [-0.4, -0.2) is 30.1 Å². The van der Waals surface area contributed by atoms with E-state index in [1.807, 2.05) is 13.2 Å². The van der Waals surface area contributed by atoms with Crippen LogP contribution in [0.1, 0.15) is 18.9 Å². The molecule has 2 N–H and O–H groups in total. The van der Waals surface area contributed by atoms with E-state index in [1.54, 1.807) is 23.7 Å². The first-order valence-corrected chi connectivity index (χ1v) is 7.73. The van der Waals surface area contributed by atoms with Gasteiger partial charge < -0.3 is 10.6 Å². The molecule has 0 aliphatic carbocycles. The normalized spacial score (nSPS) is 12.3. The molecule has 0 aliphatic rings. The highest BCUT2D eigenvalue weighted by molar-refractivity contribution is 7.98. The van der Waals surface area contributed by atoms with Gasteiger partial charge in [-0.25, -0.2) is 8.78 Å². The summed E-state index contributed by atoms with van der Waals surface area (Å²) in [6.45, 7) is 2.02. The fourth-order valence-electron chi connectivity index (χ4n) is 1.89. The van der Waals surface area contributed by atoms with Gasteiger partial charge in [-0.05, 0) is 24.8 Å². The van der Waals surface area contributed by atoms with Crippen LogP contribution in [0, 0.1) is 11.6 Å². The van der Waals surface area contributed by atoms with Gasteiger partial charge in [0.15, 0.2) is 11.6 Å². The molecule has 19 heavy (non-hydrogen) atoms. The van der Waals surface area contributed by atoms with Crippen LogP contribution in [0.25, 0.3) is 0 Å². The van der Waals surface area contributed by atoms with Gasteiger partial charge in [-0.3, -0.25) is 0 Å². The lowest BCUT2D eigenvalue weighted by Crippen LogP contribution is -2.34. The SMILES string of the molecule is CCC(CSC)N(C)c1ccc(C(N)=S)c(F)c1F. The monoisotopic (exact) mass is 304 g/mol. The Morgan fingerprint density at radius 3 is 2.53 bits per heavy atom. The van der Waals surface area contributed by atoms with Gasteiger partial charge in [0.05, 0.1) is 5.69 Å². The summed E-state index contributed by atoms with van der Waals surface area (Å²) >= 11 is 6.37. The second kappa shape index (κ2) is 7.05. The molecular formula is C13H18F2N2S2. The summed E-state index contributed by atoms with van der Waals surface area (Å²) in [5.41, 5.74) is 5.53. The number of rotatable bonds is 6. The van der Waals surface area contributed by atoms with E-state index in [2.05, 4.69) is 12.2 Å². The highest BCUT2D eigenvalue weighted by atomic mass is 32.2. The van der Waals surface area contributed by atoms with E-state index in [9.17, 15) is 8.78 Å². The van der Waals surface area contributed by atoms with Gasteiger partial charge in [0.2, 0.25) is 0 Å². The molecule has 106 valence electrons. The summed E-state index contributed by atoms with van der Waals surface area (Å²) in [5.74, 6) is -1.02. The molecule has 1 unspecified atom stereocenters. The Hall–Kier alpha value is -0.880. The number of benzene rings is 1. The maximum absolute atomic E-state index is 14.1. The van der Waals surface area contributed by atoms with Crippen molar-refractivity contribution in [3.8, 4) is 0 Å². The molecule has 6 heteroatoms. The molecule has 0 bridgehead atoms. The van der Waals surface area contributed by atoms with Crippen LogP contribution in [0.2, 0.25) is 0 Å². The number of hydrogen-bond donors (Lipinski definition) is 1. The highest BCUT2D eigenvalue weighted by Gasteiger charge is 2.21. The van der Waals surface area contributed by atoms with Gasteiger partial charge in [-0.2, -0.15) is 11.8 Å². The van der Waals surface area contributed by atoms with Gasteiger partial charge in [0, 0.05) is 24.4 Å². The van der Waals surface area contributed by atoms with Crippen molar-refractivity contribution in [2.24, 2.45) is 5.73 Å². The number of hydrogen-bond acceptors (Lipinski definition) is 3. The molecule has 0 aromatic heterocycles. The average molecular weight is 304 g/mol. The van der Waals surface area contributed by atoms with E-state index < -0.39 is 11.6 Å². The van der Waals surface area contributed by atoms with Crippen LogP contribution in [0.5, 0.6) is 0 Å². The standard InChI is InChI=1S/C13H18F2N2S2/c1-4-8(7-19-3)17(2)10-6-5-9(13(16)18)11(14)12(10)15/h5-6,8H,4,7H2,1-3H3,(H2,16,18). The Bertz CT molecular complexity index is 466. The van der Waals surface area contributed by atoms with Crippen molar-refractivity contribution < 1.29 is 8.78 Å². The van der Waals surface area contributed by atoms with E-state index in [0.717, 1.165) is 12.2 Å². The summed E-state index contributed by atoms with van der Waals surface area (Å²) < 4.78 is 27.9. The quantitative estimate of drug-likeness (QED) is 0.817. The Kier molecular flexibility index (Phi) is 6.00. The predicted octanol–water partition coefficient (Wildman–Crippen LogP) is 3.18. The first kappa shape index (κ1) is 16.2. The molecule has 1 rings (SSSR count). The molecule has 1 atom stereocenters. The summed E-state index contributed by atoms with van der Waals surface area (Å²) in [4.78, 5) is 1.62. The van der Waals surface area contributed by atoms with E-state index >= 15 is 0 Å². The summed E-state index contributed by atoms with van der Waals surface area (Å²) in [7, 11) is 1.77. The van der Waals surface area contributed by atoms with Gasteiger partial charge in [-0.15, -0.1) is 0 Å². The Balaban J connectivity index is 3.14. The molecule has 0 aliphatic heterocycles. The van der Waals surface area contributed by atoms with Gasteiger partial charge in [0.25, 0.3) is 0 Å². The van der Waals surface area contributed by atoms with Crippen molar-refractivity contribution in [1.82, 2.24) is 0 Å². The number of thioether (sulfide) groups is 1. The highest BCUT2D eigenvalue weighted by Crippen LogP contribution is 2.26. The zero-order chi connectivity index (χ0) is 14.6. The molecule has 0 heterocycles. The lowest BCUT2D eigenvalue weighted by Gasteiger charge is -2.29. The van der Waals surface area contributed by atoms with Crippen LogP contribution in [-0.2, 0) is 0 Å². The minimum atomic E-state index is -0.976. The van der Waals surface area contributed by atoms with Gasteiger partial charge >= 0.3 is 0 Å². The average Bonchev–Trinajstić information content (AvgIpc) is 2.37. The molecule has 0 fully saturated rings. The van der Waals surface area contributed by atoms with Crippen LogP contribution in [0.4, 0.5) is 14.5 Å². The van der Waals surface area contributed by atoms with Crippen molar-refractivity contribution in [3.05, 3.63) is 29.3 Å². The van der Waals surface area contributed by atoms with Crippen LogP contribution in [0.3, 0.4) is 0 Å². The molecule has 2 nitrogen and oxygen atoms in total. The molecule has 0 saturated heterocycles. The Morgan fingerprint density at radius 1 is 1.42 bits per heavy atom. The smallest absolute Gasteiger partial charge is 0.182 e. The van der Waals surface area contributed by atoms with E-state index in [4.69, 9.17) is 5.73 Å². The third-order valence-corrected chi connectivity index (χ3v) is 4.02. The third-order valence-electron chi connectivity index (χ3n) is 3.09. The summed E-state index contributed by atoms with van der Waals surface area (Å²) in [6, 6.07) is 3.11. The van der Waals surface area contributed by atoms with E-state index in [-0.39, 0.29) is 22.3 Å². The minimum Gasteiger partial charge on any atom is -0.389 e. The van der Waals surface area contributed by atoms with Crippen molar-refractivity contribution in [2.45, 2.75) is 19.4 Å². The molecule has 0 saturated carbocycles. The number of nitrogens with two attached hydrogens (primary N) is 1. The number of halogens is 2. The molecule has 0 spiro atoms. The number of nitrogens with zero attached hydrogens (tertiary/aromatic N) is 1. The first-order valence-electron chi connectivity index (χ1n) is 5.93. The van der Waals surface area contributed by atoms with E-state index in [1.165, 1.54) is 12.1 Å². The van der Waals surface area contributed by atoms with Crippen molar-refractivity contribution in [2.75, 3.05) is 24.0 Å². The predicted molar refractivity (Wildman–Crippen MR) is 83.1 cm³/mol. The number of anilines is 1. The Morgan fingerprint density at radius 2 is 2.05 bits per heavy atom. The largest absolute Gasteiger partial charge is 0.389 e. The zero-order valence-corrected chi connectivity index (χ0v) is 12.9. The lowest BCUT2D eigenvalue weighted by molar-refractivity contribution is 0.502. The first-order chi connectivity index (χ1) is 8.93. The molecular weight excluding hydrogens is 286 g/mol. The second-order valence-corrected chi connectivity index (χ2v) is 5.60.